The van der Waals surface area contributed by atoms with Gasteiger partial charge >= 0.3 is 0 Å². The lowest BCUT2D eigenvalue weighted by Gasteiger charge is -2.20. The van der Waals surface area contributed by atoms with Crippen molar-refractivity contribution >= 4 is 0 Å². The van der Waals surface area contributed by atoms with Crippen LogP contribution in [0.4, 0.5) is 0 Å². The summed E-state index contributed by atoms with van der Waals surface area (Å²) in [5.41, 5.74) is 3.90. The van der Waals surface area contributed by atoms with E-state index in [0.717, 1.165) is 37.2 Å². The van der Waals surface area contributed by atoms with E-state index in [-0.39, 0.29) is 6.04 Å². The van der Waals surface area contributed by atoms with Crippen molar-refractivity contribution in [3.05, 3.63) is 24.0 Å². The smallest absolute Gasteiger partial charge is 0.141 e. The number of hydrogen-bond acceptors (Lipinski definition) is 5. The minimum atomic E-state index is 0.0761. The monoisotopic (exact) mass is 251 g/mol. The second-order valence-electron chi connectivity index (χ2n) is 4.55. The highest BCUT2D eigenvalue weighted by molar-refractivity contribution is 5.32. The van der Waals surface area contributed by atoms with Gasteiger partial charge in [0, 0.05) is 24.4 Å². The first-order valence-corrected chi connectivity index (χ1v) is 6.40. The highest BCUT2D eigenvalue weighted by Gasteiger charge is 2.20. The summed E-state index contributed by atoms with van der Waals surface area (Å²) < 4.78 is 10.9. The van der Waals surface area contributed by atoms with Gasteiger partial charge in [-0.3, -0.25) is 16.3 Å². The van der Waals surface area contributed by atoms with Crippen molar-refractivity contribution in [1.82, 2.24) is 10.4 Å². The minimum absolute atomic E-state index is 0.0761. The van der Waals surface area contributed by atoms with Crippen LogP contribution in [0.2, 0.25) is 0 Å². The number of rotatable bonds is 6. The summed E-state index contributed by atoms with van der Waals surface area (Å²) in [4.78, 5) is 4.05. The molecule has 2 heterocycles. The van der Waals surface area contributed by atoms with Crippen LogP contribution >= 0.6 is 0 Å². The maximum absolute atomic E-state index is 5.65. The molecule has 5 heteroatoms. The van der Waals surface area contributed by atoms with Gasteiger partial charge in [0.25, 0.3) is 0 Å². The lowest BCUT2D eigenvalue weighted by atomic mass is 10.00. The molecule has 1 saturated heterocycles. The van der Waals surface area contributed by atoms with Gasteiger partial charge in [0.15, 0.2) is 0 Å². The lowest BCUT2D eigenvalue weighted by Crippen LogP contribution is -2.29. The van der Waals surface area contributed by atoms with E-state index >= 15 is 0 Å². The van der Waals surface area contributed by atoms with E-state index in [1.165, 1.54) is 6.42 Å². The molecule has 0 aromatic carbocycles. The van der Waals surface area contributed by atoms with Crippen molar-refractivity contribution in [2.75, 3.05) is 13.7 Å². The summed E-state index contributed by atoms with van der Waals surface area (Å²) in [5.74, 6) is 6.42. The van der Waals surface area contributed by atoms with Crippen LogP contribution in [0.3, 0.4) is 0 Å². The van der Waals surface area contributed by atoms with Gasteiger partial charge in [-0.1, -0.05) is 0 Å². The van der Waals surface area contributed by atoms with E-state index in [4.69, 9.17) is 15.3 Å². The third-order valence-corrected chi connectivity index (χ3v) is 3.41. The molecule has 1 aliphatic heterocycles. The topological polar surface area (TPSA) is 69.4 Å². The van der Waals surface area contributed by atoms with Crippen LogP contribution in [0.5, 0.6) is 5.75 Å². The summed E-state index contributed by atoms with van der Waals surface area (Å²) in [6.07, 6.45) is 8.13. The number of nitrogens with one attached hydrogen (secondary N) is 1. The van der Waals surface area contributed by atoms with Crippen LogP contribution < -0.4 is 16.0 Å². The highest BCUT2D eigenvalue weighted by Crippen LogP contribution is 2.28. The molecule has 0 aliphatic carbocycles. The number of hydrazine groups is 1. The van der Waals surface area contributed by atoms with Crippen molar-refractivity contribution < 1.29 is 9.47 Å². The van der Waals surface area contributed by atoms with E-state index < -0.39 is 0 Å². The fourth-order valence-electron chi connectivity index (χ4n) is 2.40. The Balaban J connectivity index is 1.98. The van der Waals surface area contributed by atoms with Gasteiger partial charge in [-0.25, -0.2) is 0 Å². The third kappa shape index (κ3) is 3.19. The van der Waals surface area contributed by atoms with Crippen molar-refractivity contribution in [2.24, 2.45) is 5.84 Å². The molecule has 100 valence electrons. The Bertz CT molecular complexity index is 367. The SMILES string of the molecule is COc1cnccc1C(CCC1CCCO1)NN. The fourth-order valence-corrected chi connectivity index (χ4v) is 2.40. The molecular weight excluding hydrogens is 230 g/mol. The molecule has 0 saturated carbocycles. The first-order valence-electron chi connectivity index (χ1n) is 6.40. The molecule has 1 aliphatic rings. The number of methoxy groups -OCH3 is 1. The first-order chi connectivity index (χ1) is 8.85. The Morgan fingerprint density at radius 3 is 3.22 bits per heavy atom. The molecule has 1 aromatic rings. The second kappa shape index (κ2) is 6.68. The van der Waals surface area contributed by atoms with Crippen LogP contribution in [0.25, 0.3) is 0 Å². The number of pyridine rings is 1. The zero-order chi connectivity index (χ0) is 12.8. The van der Waals surface area contributed by atoms with Crippen molar-refractivity contribution in [3.8, 4) is 5.75 Å². The predicted molar refractivity (Wildman–Crippen MR) is 69.1 cm³/mol. The van der Waals surface area contributed by atoms with Crippen molar-refractivity contribution in [3.63, 3.8) is 0 Å². The van der Waals surface area contributed by atoms with Crippen LogP contribution in [0.15, 0.2) is 18.5 Å². The maximum Gasteiger partial charge on any atom is 0.141 e. The molecule has 2 rings (SSSR count). The summed E-state index contributed by atoms with van der Waals surface area (Å²) in [7, 11) is 1.65. The van der Waals surface area contributed by atoms with E-state index in [0.29, 0.717) is 6.10 Å². The Labute approximate surface area is 108 Å². The molecule has 3 N–H and O–H groups in total. The fraction of sp³-hybridized carbons (Fsp3) is 0.615. The zero-order valence-corrected chi connectivity index (χ0v) is 10.8. The van der Waals surface area contributed by atoms with Gasteiger partial charge in [-0.15, -0.1) is 0 Å². The third-order valence-electron chi connectivity index (χ3n) is 3.41. The summed E-state index contributed by atoms with van der Waals surface area (Å²) in [6, 6.07) is 2.02. The quantitative estimate of drug-likeness (QED) is 0.593. The molecule has 1 aromatic heterocycles. The molecule has 0 radical (unpaired) electrons. The van der Waals surface area contributed by atoms with Gasteiger partial charge in [-0.2, -0.15) is 0 Å². The normalized spacial score (nSPS) is 20.9. The maximum atomic E-state index is 5.65. The minimum Gasteiger partial charge on any atom is -0.495 e. The summed E-state index contributed by atoms with van der Waals surface area (Å²) >= 11 is 0. The Morgan fingerprint density at radius 2 is 2.56 bits per heavy atom. The standard InChI is InChI=1S/C13H21N3O2/c1-17-13-9-15-7-6-11(13)12(16-14)5-4-10-3-2-8-18-10/h6-7,9-10,12,16H,2-5,8,14H2,1H3. The number of hydrogen-bond donors (Lipinski definition) is 2. The van der Waals surface area contributed by atoms with Crippen LogP contribution in [-0.4, -0.2) is 24.8 Å². The Hall–Kier alpha value is -1.17. The molecule has 0 spiro atoms. The van der Waals surface area contributed by atoms with E-state index in [9.17, 15) is 0 Å². The molecular formula is C13H21N3O2. The highest BCUT2D eigenvalue weighted by atomic mass is 16.5. The number of nitrogens with two attached hydrogens (primary N) is 1. The Morgan fingerprint density at radius 1 is 1.67 bits per heavy atom. The number of nitrogens with zero attached hydrogens (tertiary/aromatic N) is 1. The van der Waals surface area contributed by atoms with Gasteiger partial charge in [0.2, 0.25) is 0 Å². The van der Waals surface area contributed by atoms with Crippen LogP contribution in [0, 0.1) is 0 Å². The van der Waals surface area contributed by atoms with E-state index in [1.54, 1.807) is 19.5 Å². The van der Waals surface area contributed by atoms with Crippen LogP contribution in [-0.2, 0) is 4.74 Å². The number of ether oxygens (including phenoxy) is 2. The van der Waals surface area contributed by atoms with Crippen molar-refractivity contribution in [1.29, 1.82) is 0 Å². The van der Waals surface area contributed by atoms with Gasteiger partial charge in [0.05, 0.1) is 19.4 Å². The molecule has 18 heavy (non-hydrogen) atoms. The Kier molecular flexibility index (Phi) is 4.92. The average Bonchev–Trinajstić information content (AvgIpc) is 2.93. The molecule has 2 unspecified atom stereocenters. The molecule has 0 bridgehead atoms. The zero-order valence-electron chi connectivity index (χ0n) is 10.8. The van der Waals surface area contributed by atoms with Crippen molar-refractivity contribution in [2.45, 2.75) is 37.8 Å². The van der Waals surface area contributed by atoms with Gasteiger partial charge < -0.3 is 9.47 Å². The first kappa shape index (κ1) is 13.3. The van der Waals surface area contributed by atoms with Gasteiger partial charge in [-0.05, 0) is 31.7 Å². The predicted octanol–water partition coefficient (Wildman–Crippen LogP) is 1.55. The van der Waals surface area contributed by atoms with Gasteiger partial charge in [0.1, 0.15) is 5.75 Å². The summed E-state index contributed by atoms with van der Waals surface area (Å²) in [5, 5.41) is 0. The summed E-state index contributed by atoms with van der Waals surface area (Å²) in [6.45, 7) is 0.893. The molecule has 5 nitrogen and oxygen atoms in total. The molecule has 1 fully saturated rings. The largest absolute Gasteiger partial charge is 0.495 e. The molecule has 2 atom stereocenters. The number of aromatic nitrogens is 1. The molecule has 0 amide bonds. The average molecular weight is 251 g/mol. The lowest BCUT2D eigenvalue weighted by molar-refractivity contribution is 0.0995. The van der Waals surface area contributed by atoms with Crippen LogP contribution in [0.1, 0.15) is 37.3 Å². The second-order valence-corrected chi connectivity index (χ2v) is 4.55. The van der Waals surface area contributed by atoms with E-state index in [2.05, 4.69) is 10.4 Å². The van der Waals surface area contributed by atoms with E-state index in [1.807, 2.05) is 6.07 Å².